The molecule has 0 fully saturated rings. The molecule has 7 heteroatoms. The van der Waals surface area contributed by atoms with Gasteiger partial charge in [-0.3, -0.25) is 4.72 Å². The molecule has 0 saturated carbocycles. The molecule has 106 valence electrons. The van der Waals surface area contributed by atoms with Crippen molar-refractivity contribution in [2.75, 3.05) is 4.72 Å². The fraction of sp³-hybridized carbons (Fsp3) is 0.0769. The topological polar surface area (TPSA) is 46.2 Å². The lowest BCUT2D eigenvalue weighted by atomic mass is 10.2. The normalized spacial score (nSPS) is 11.4. The number of sulfonamides is 1. The lowest BCUT2D eigenvalue weighted by molar-refractivity contribution is 0.449. The van der Waals surface area contributed by atoms with Crippen LogP contribution >= 0.6 is 0 Å². The number of anilines is 1. The molecule has 2 aromatic carbocycles. The highest BCUT2D eigenvalue weighted by Gasteiger charge is 2.19. The number of hydrogen-bond donors (Lipinski definition) is 1. The van der Waals surface area contributed by atoms with Crippen LogP contribution < -0.4 is 4.72 Å². The Labute approximate surface area is 114 Å². The summed E-state index contributed by atoms with van der Waals surface area (Å²) >= 11 is 0. The van der Waals surface area contributed by atoms with E-state index in [1.165, 1.54) is 18.2 Å². The van der Waals surface area contributed by atoms with E-state index in [9.17, 15) is 21.6 Å². The predicted molar refractivity (Wildman–Crippen MR) is 68.3 cm³/mol. The second kappa shape index (κ2) is 5.16. The molecule has 2 rings (SSSR count). The molecule has 0 aliphatic carbocycles. The average Bonchev–Trinajstić information content (AvgIpc) is 2.39. The molecular weight excluding hydrogens is 291 g/mol. The molecule has 20 heavy (non-hydrogen) atoms. The first-order valence-corrected chi connectivity index (χ1v) is 7.02. The standard InChI is InChI=1S/C13H10F3NO2S/c1-8-3-2-4-9(7-8)20(18,19)17-11-6-5-10(14)12(15)13(11)16/h2-7,17H,1H3. The lowest BCUT2D eigenvalue weighted by Crippen LogP contribution is -2.14. The Hall–Kier alpha value is -2.02. The number of aryl methyl sites for hydroxylation is 1. The summed E-state index contributed by atoms with van der Waals surface area (Å²) in [5, 5.41) is 0. The third kappa shape index (κ3) is 2.77. The van der Waals surface area contributed by atoms with E-state index in [-0.39, 0.29) is 4.90 Å². The first-order valence-electron chi connectivity index (χ1n) is 5.54. The van der Waals surface area contributed by atoms with Gasteiger partial charge in [0, 0.05) is 0 Å². The van der Waals surface area contributed by atoms with Crippen molar-refractivity contribution in [3.63, 3.8) is 0 Å². The van der Waals surface area contributed by atoms with E-state index in [0.717, 1.165) is 6.07 Å². The van der Waals surface area contributed by atoms with Crippen LogP contribution in [0.3, 0.4) is 0 Å². The van der Waals surface area contributed by atoms with Gasteiger partial charge in [-0.15, -0.1) is 0 Å². The second-order valence-corrected chi connectivity index (χ2v) is 5.83. The van der Waals surface area contributed by atoms with Crippen LogP contribution in [0.4, 0.5) is 18.9 Å². The maximum Gasteiger partial charge on any atom is 0.261 e. The minimum atomic E-state index is -4.07. The van der Waals surface area contributed by atoms with Crippen LogP contribution in [-0.2, 0) is 10.0 Å². The van der Waals surface area contributed by atoms with Crippen molar-refractivity contribution in [1.82, 2.24) is 0 Å². The zero-order valence-corrected chi connectivity index (χ0v) is 11.1. The largest absolute Gasteiger partial charge is 0.277 e. The van der Waals surface area contributed by atoms with Crippen LogP contribution in [0.25, 0.3) is 0 Å². The SMILES string of the molecule is Cc1cccc(S(=O)(=O)Nc2ccc(F)c(F)c2F)c1. The third-order valence-electron chi connectivity index (χ3n) is 2.58. The maximum absolute atomic E-state index is 13.4. The molecular formula is C13H10F3NO2S. The Morgan fingerprint density at radius 2 is 1.70 bits per heavy atom. The molecule has 3 nitrogen and oxygen atoms in total. The molecule has 0 heterocycles. The Balaban J connectivity index is 2.41. The van der Waals surface area contributed by atoms with Gasteiger partial charge in [0.2, 0.25) is 0 Å². The maximum atomic E-state index is 13.4. The van der Waals surface area contributed by atoms with Crippen molar-refractivity contribution in [2.45, 2.75) is 11.8 Å². The molecule has 1 N–H and O–H groups in total. The summed E-state index contributed by atoms with van der Waals surface area (Å²) in [6.45, 7) is 1.69. The molecule has 0 radical (unpaired) electrons. The number of benzene rings is 2. The quantitative estimate of drug-likeness (QED) is 0.885. The highest BCUT2D eigenvalue weighted by atomic mass is 32.2. The fourth-order valence-corrected chi connectivity index (χ4v) is 2.75. The minimum absolute atomic E-state index is 0.0957. The summed E-state index contributed by atoms with van der Waals surface area (Å²) in [5.41, 5.74) is 0.0454. The second-order valence-electron chi connectivity index (χ2n) is 4.14. The predicted octanol–water partition coefficient (Wildman–Crippen LogP) is 3.21. The van der Waals surface area contributed by atoms with Gasteiger partial charge < -0.3 is 0 Å². The molecule has 0 aliphatic heterocycles. The fourth-order valence-electron chi connectivity index (χ4n) is 1.59. The van der Waals surface area contributed by atoms with Crippen LogP contribution in [0, 0.1) is 24.4 Å². The average molecular weight is 301 g/mol. The highest BCUT2D eigenvalue weighted by molar-refractivity contribution is 7.92. The van der Waals surface area contributed by atoms with Crippen molar-refractivity contribution in [2.24, 2.45) is 0 Å². The van der Waals surface area contributed by atoms with E-state index in [1.807, 2.05) is 4.72 Å². The van der Waals surface area contributed by atoms with Crippen molar-refractivity contribution in [3.05, 3.63) is 59.4 Å². The van der Waals surface area contributed by atoms with Crippen LogP contribution in [0.1, 0.15) is 5.56 Å². The molecule has 0 amide bonds. The van der Waals surface area contributed by atoms with E-state index < -0.39 is 33.2 Å². The number of rotatable bonds is 3. The van der Waals surface area contributed by atoms with Gasteiger partial charge in [0.15, 0.2) is 17.5 Å². The van der Waals surface area contributed by atoms with E-state index in [0.29, 0.717) is 11.6 Å². The molecule has 0 atom stereocenters. The highest BCUT2D eigenvalue weighted by Crippen LogP contribution is 2.23. The molecule has 0 unspecified atom stereocenters. The van der Waals surface area contributed by atoms with Crippen LogP contribution in [0.5, 0.6) is 0 Å². The number of nitrogens with one attached hydrogen (secondary N) is 1. The molecule has 0 aromatic heterocycles. The van der Waals surface area contributed by atoms with E-state index in [2.05, 4.69) is 0 Å². The lowest BCUT2D eigenvalue weighted by Gasteiger charge is -2.10. The van der Waals surface area contributed by atoms with Crippen LogP contribution in [-0.4, -0.2) is 8.42 Å². The van der Waals surface area contributed by atoms with Crippen molar-refractivity contribution in [1.29, 1.82) is 0 Å². The van der Waals surface area contributed by atoms with Gasteiger partial charge in [-0.25, -0.2) is 21.6 Å². The number of hydrogen-bond acceptors (Lipinski definition) is 2. The Bertz CT molecular complexity index is 760. The van der Waals surface area contributed by atoms with Gasteiger partial charge in [0.25, 0.3) is 10.0 Å². The van der Waals surface area contributed by atoms with Gasteiger partial charge >= 0.3 is 0 Å². The molecule has 0 aliphatic rings. The zero-order chi connectivity index (χ0) is 14.9. The van der Waals surface area contributed by atoms with E-state index in [4.69, 9.17) is 0 Å². The van der Waals surface area contributed by atoms with Crippen molar-refractivity contribution >= 4 is 15.7 Å². The van der Waals surface area contributed by atoms with Gasteiger partial charge in [-0.2, -0.15) is 0 Å². The van der Waals surface area contributed by atoms with Gasteiger partial charge in [-0.1, -0.05) is 12.1 Å². The van der Waals surface area contributed by atoms with Crippen molar-refractivity contribution < 1.29 is 21.6 Å². The summed E-state index contributed by atoms with van der Waals surface area (Å²) in [6, 6.07) is 7.36. The molecule has 0 saturated heterocycles. The van der Waals surface area contributed by atoms with Crippen molar-refractivity contribution in [3.8, 4) is 0 Å². The molecule has 0 spiro atoms. The van der Waals surface area contributed by atoms with E-state index in [1.54, 1.807) is 13.0 Å². The molecule has 2 aromatic rings. The van der Waals surface area contributed by atoms with Crippen LogP contribution in [0.15, 0.2) is 41.3 Å². The minimum Gasteiger partial charge on any atom is -0.277 e. The van der Waals surface area contributed by atoms with Gasteiger partial charge in [0.1, 0.15) is 0 Å². The Kier molecular flexibility index (Phi) is 3.71. The van der Waals surface area contributed by atoms with Gasteiger partial charge in [-0.05, 0) is 36.8 Å². The molecule has 0 bridgehead atoms. The van der Waals surface area contributed by atoms with E-state index >= 15 is 0 Å². The summed E-state index contributed by atoms with van der Waals surface area (Å²) < 4.78 is 65.2. The van der Waals surface area contributed by atoms with Gasteiger partial charge in [0.05, 0.1) is 10.6 Å². The Morgan fingerprint density at radius 1 is 1.00 bits per heavy atom. The zero-order valence-electron chi connectivity index (χ0n) is 10.3. The summed E-state index contributed by atoms with van der Waals surface area (Å²) in [6.07, 6.45) is 0. The summed E-state index contributed by atoms with van der Waals surface area (Å²) in [4.78, 5) is -0.0957. The Morgan fingerprint density at radius 3 is 2.35 bits per heavy atom. The summed E-state index contributed by atoms with van der Waals surface area (Å²) in [7, 11) is -4.07. The third-order valence-corrected chi connectivity index (χ3v) is 3.94. The smallest absolute Gasteiger partial charge is 0.261 e. The first-order chi connectivity index (χ1) is 9.31. The monoisotopic (exact) mass is 301 g/mol. The number of halogens is 3. The summed E-state index contributed by atoms with van der Waals surface area (Å²) in [5.74, 6) is -4.70. The van der Waals surface area contributed by atoms with Crippen LogP contribution in [0.2, 0.25) is 0 Å². The first kappa shape index (κ1) is 14.4.